The largest absolute Gasteiger partial charge is 0.337 e. The first kappa shape index (κ1) is 19.4. The zero-order valence-electron chi connectivity index (χ0n) is 15.8. The van der Waals surface area contributed by atoms with Crippen molar-refractivity contribution in [3.05, 3.63) is 64.2 Å². The van der Waals surface area contributed by atoms with Gasteiger partial charge in [-0.15, -0.1) is 0 Å². The molecule has 0 saturated carbocycles. The van der Waals surface area contributed by atoms with Gasteiger partial charge in [0.05, 0.1) is 5.92 Å². The van der Waals surface area contributed by atoms with Crippen molar-refractivity contribution in [1.82, 2.24) is 4.90 Å². The minimum atomic E-state index is -0.338. The highest BCUT2D eigenvalue weighted by molar-refractivity contribution is 6.31. The van der Waals surface area contributed by atoms with E-state index < -0.39 is 0 Å². The summed E-state index contributed by atoms with van der Waals surface area (Å²) in [4.78, 5) is 27.0. The highest BCUT2D eigenvalue weighted by atomic mass is 35.5. The summed E-state index contributed by atoms with van der Waals surface area (Å²) in [5.74, 6) is -0.426. The number of para-hydroxylation sites is 1. The molecule has 1 aliphatic rings. The lowest BCUT2D eigenvalue weighted by atomic mass is 10.0. The van der Waals surface area contributed by atoms with Gasteiger partial charge in [0.25, 0.3) is 0 Å². The number of carbonyl (C=O) groups excluding carboxylic acids is 2. The van der Waals surface area contributed by atoms with E-state index in [4.69, 9.17) is 11.6 Å². The second-order valence-electron chi connectivity index (χ2n) is 6.91. The van der Waals surface area contributed by atoms with Gasteiger partial charge in [-0.3, -0.25) is 9.59 Å². The Balaban J connectivity index is 1.71. The van der Waals surface area contributed by atoms with Gasteiger partial charge in [-0.2, -0.15) is 0 Å². The summed E-state index contributed by atoms with van der Waals surface area (Å²) in [7, 11) is 0. The fourth-order valence-corrected chi connectivity index (χ4v) is 3.76. The van der Waals surface area contributed by atoms with Gasteiger partial charge >= 0.3 is 0 Å². The molecule has 2 amide bonds. The van der Waals surface area contributed by atoms with Crippen molar-refractivity contribution in [3.63, 3.8) is 0 Å². The van der Waals surface area contributed by atoms with Crippen LogP contribution in [0.2, 0.25) is 5.02 Å². The monoisotopic (exact) mass is 384 g/mol. The quantitative estimate of drug-likeness (QED) is 0.799. The first-order valence-electron chi connectivity index (χ1n) is 9.46. The van der Waals surface area contributed by atoms with Gasteiger partial charge in [0.15, 0.2) is 0 Å². The second kappa shape index (κ2) is 8.57. The maximum Gasteiger partial charge on any atom is 0.229 e. The summed E-state index contributed by atoms with van der Waals surface area (Å²) in [5, 5.41) is 3.74. The molecule has 2 aromatic carbocycles. The number of carbonyl (C=O) groups is 2. The SMILES string of the molecule is CCc1cccc(CC)c1NC(=O)C1CC(=O)N(Cc2ccccc2Cl)C1. The van der Waals surface area contributed by atoms with Crippen LogP contribution >= 0.6 is 11.6 Å². The van der Waals surface area contributed by atoms with Crippen molar-refractivity contribution in [1.29, 1.82) is 0 Å². The van der Waals surface area contributed by atoms with Gasteiger partial charge in [0.1, 0.15) is 0 Å². The molecule has 1 aliphatic heterocycles. The number of aryl methyl sites for hydroxylation is 2. The van der Waals surface area contributed by atoms with Crippen LogP contribution in [0.25, 0.3) is 0 Å². The lowest BCUT2D eigenvalue weighted by molar-refractivity contribution is -0.128. The Hall–Kier alpha value is -2.33. The molecule has 0 aliphatic carbocycles. The molecule has 0 radical (unpaired) electrons. The average Bonchev–Trinajstić information content (AvgIpc) is 3.04. The third-order valence-electron chi connectivity index (χ3n) is 5.15. The van der Waals surface area contributed by atoms with E-state index in [0.29, 0.717) is 18.1 Å². The fraction of sp³-hybridized carbons (Fsp3) is 0.364. The summed E-state index contributed by atoms with van der Waals surface area (Å²) in [6, 6.07) is 13.6. The minimum Gasteiger partial charge on any atom is -0.337 e. The highest BCUT2D eigenvalue weighted by Gasteiger charge is 2.34. The number of rotatable bonds is 6. The molecule has 2 aromatic rings. The Morgan fingerprint density at radius 3 is 2.33 bits per heavy atom. The van der Waals surface area contributed by atoms with Crippen molar-refractivity contribution < 1.29 is 9.59 Å². The van der Waals surface area contributed by atoms with Gasteiger partial charge in [-0.1, -0.05) is 61.8 Å². The van der Waals surface area contributed by atoms with Crippen LogP contribution in [0.5, 0.6) is 0 Å². The smallest absolute Gasteiger partial charge is 0.229 e. The van der Waals surface area contributed by atoms with E-state index in [2.05, 4.69) is 19.2 Å². The second-order valence-corrected chi connectivity index (χ2v) is 7.32. The maximum atomic E-state index is 12.8. The molecule has 0 bridgehead atoms. The van der Waals surface area contributed by atoms with Gasteiger partial charge in [-0.25, -0.2) is 0 Å². The molecule has 27 heavy (non-hydrogen) atoms. The number of anilines is 1. The number of hydrogen-bond acceptors (Lipinski definition) is 2. The normalized spacial score (nSPS) is 16.6. The number of amides is 2. The van der Waals surface area contributed by atoms with Crippen LogP contribution in [-0.4, -0.2) is 23.3 Å². The predicted octanol–water partition coefficient (Wildman–Crippen LogP) is 4.45. The molecule has 3 rings (SSSR count). The number of nitrogens with one attached hydrogen (secondary N) is 1. The van der Waals surface area contributed by atoms with Crippen LogP contribution in [0, 0.1) is 5.92 Å². The van der Waals surface area contributed by atoms with Crippen LogP contribution in [0.4, 0.5) is 5.69 Å². The van der Waals surface area contributed by atoms with Gasteiger partial charge in [0, 0.05) is 30.2 Å². The molecule has 0 aromatic heterocycles. The van der Waals surface area contributed by atoms with E-state index in [1.165, 1.54) is 0 Å². The Labute approximate surface area is 165 Å². The summed E-state index contributed by atoms with van der Waals surface area (Å²) in [6.45, 7) is 5.02. The van der Waals surface area contributed by atoms with Crippen LogP contribution in [-0.2, 0) is 29.0 Å². The van der Waals surface area contributed by atoms with Crippen molar-refractivity contribution in [2.24, 2.45) is 5.92 Å². The third kappa shape index (κ3) is 4.33. The van der Waals surface area contributed by atoms with Crippen LogP contribution < -0.4 is 5.32 Å². The number of likely N-dealkylation sites (tertiary alicyclic amines) is 1. The van der Waals surface area contributed by atoms with Gasteiger partial charge in [0.2, 0.25) is 11.8 Å². The number of halogens is 1. The highest BCUT2D eigenvalue weighted by Crippen LogP contribution is 2.27. The van der Waals surface area contributed by atoms with E-state index >= 15 is 0 Å². The summed E-state index contributed by atoms with van der Waals surface area (Å²) in [6.07, 6.45) is 1.95. The Kier molecular flexibility index (Phi) is 6.17. The lowest BCUT2D eigenvalue weighted by Gasteiger charge is -2.19. The molecule has 1 N–H and O–H groups in total. The molecule has 1 heterocycles. The molecule has 142 valence electrons. The van der Waals surface area contributed by atoms with E-state index in [0.717, 1.165) is 35.2 Å². The number of benzene rings is 2. The zero-order chi connectivity index (χ0) is 19.4. The van der Waals surface area contributed by atoms with Gasteiger partial charge in [-0.05, 0) is 35.6 Å². The van der Waals surface area contributed by atoms with Crippen LogP contribution in [0.3, 0.4) is 0 Å². The first-order valence-corrected chi connectivity index (χ1v) is 9.84. The van der Waals surface area contributed by atoms with Crippen molar-refractivity contribution in [2.75, 3.05) is 11.9 Å². The van der Waals surface area contributed by atoms with Crippen LogP contribution in [0.1, 0.15) is 37.0 Å². The molecular weight excluding hydrogens is 360 g/mol. The molecule has 1 fully saturated rings. The lowest BCUT2D eigenvalue weighted by Crippen LogP contribution is -2.28. The topological polar surface area (TPSA) is 49.4 Å². The Morgan fingerprint density at radius 1 is 1.07 bits per heavy atom. The molecule has 5 heteroatoms. The molecule has 1 saturated heterocycles. The average molecular weight is 385 g/mol. The zero-order valence-corrected chi connectivity index (χ0v) is 16.6. The first-order chi connectivity index (χ1) is 13.0. The maximum absolute atomic E-state index is 12.8. The third-order valence-corrected chi connectivity index (χ3v) is 5.52. The molecule has 0 spiro atoms. The van der Waals surface area contributed by atoms with Crippen molar-refractivity contribution in [2.45, 2.75) is 39.7 Å². The van der Waals surface area contributed by atoms with Gasteiger partial charge < -0.3 is 10.2 Å². The minimum absolute atomic E-state index is 0.00504. The molecule has 1 unspecified atom stereocenters. The summed E-state index contributed by atoms with van der Waals surface area (Å²) >= 11 is 6.21. The predicted molar refractivity (Wildman–Crippen MR) is 109 cm³/mol. The Morgan fingerprint density at radius 2 is 1.70 bits per heavy atom. The van der Waals surface area contributed by atoms with E-state index in [1.807, 2.05) is 42.5 Å². The van der Waals surface area contributed by atoms with E-state index in [-0.39, 0.29) is 24.2 Å². The summed E-state index contributed by atoms with van der Waals surface area (Å²) in [5.41, 5.74) is 4.06. The molecule has 1 atom stereocenters. The number of hydrogen-bond donors (Lipinski definition) is 1. The Bertz CT molecular complexity index is 828. The fourth-order valence-electron chi connectivity index (χ4n) is 3.56. The molecular formula is C22H25ClN2O2. The van der Waals surface area contributed by atoms with Crippen molar-refractivity contribution >= 4 is 29.1 Å². The molecule has 4 nitrogen and oxygen atoms in total. The standard InChI is InChI=1S/C22H25ClN2O2/c1-3-15-9-7-10-16(4-2)21(15)24-22(27)18-12-20(26)25(14-18)13-17-8-5-6-11-19(17)23/h5-11,18H,3-4,12-14H2,1-2H3,(H,24,27). The number of nitrogens with zero attached hydrogens (tertiary/aromatic N) is 1. The summed E-state index contributed by atoms with van der Waals surface area (Å²) < 4.78 is 0. The van der Waals surface area contributed by atoms with Crippen LogP contribution in [0.15, 0.2) is 42.5 Å². The van der Waals surface area contributed by atoms with Crippen molar-refractivity contribution in [3.8, 4) is 0 Å². The van der Waals surface area contributed by atoms with E-state index in [9.17, 15) is 9.59 Å². The van der Waals surface area contributed by atoms with E-state index in [1.54, 1.807) is 4.90 Å².